The van der Waals surface area contributed by atoms with Crippen LogP contribution in [0.5, 0.6) is 11.8 Å². The van der Waals surface area contributed by atoms with Crippen LogP contribution in [0.2, 0.25) is 10.0 Å². The highest BCUT2D eigenvalue weighted by molar-refractivity contribution is 6.34. The van der Waals surface area contributed by atoms with Gasteiger partial charge in [0.15, 0.2) is 5.75 Å². The number of hydrogen-bond acceptors (Lipinski definition) is 6. The molecule has 0 fully saturated rings. The second-order valence-electron chi connectivity index (χ2n) is 4.13. The molecule has 1 aromatic carbocycles. The summed E-state index contributed by atoms with van der Waals surface area (Å²) < 4.78 is 5.57. The van der Waals surface area contributed by atoms with Gasteiger partial charge in [0.2, 0.25) is 11.9 Å². The second-order valence-corrected chi connectivity index (χ2v) is 4.97. The fourth-order valence-electron chi connectivity index (χ4n) is 1.71. The minimum absolute atomic E-state index is 0.0774. The maximum Gasteiger partial charge on any atom is 0.328 e. The van der Waals surface area contributed by atoms with Crippen LogP contribution in [-0.4, -0.2) is 28.0 Å². The average molecular weight is 328 g/mol. The smallest absolute Gasteiger partial charge is 0.328 e. The molecule has 0 aliphatic heterocycles. The van der Waals surface area contributed by atoms with Crippen LogP contribution in [0.25, 0.3) is 0 Å². The first-order chi connectivity index (χ1) is 10.0. The van der Waals surface area contributed by atoms with Crippen molar-refractivity contribution in [3.63, 3.8) is 0 Å². The molecule has 2 rings (SSSR count). The number of nitrogen functional groups attached to an aromatic ring is 1. The largest absolute Gasteiger partial charge is 0.422 e. The minimum Gasteiger partial charge on any atom is -0.422 e. The summed E-state index contributed by atoms with van der Waals surface area (Å²) in [5.41, 5.74) is 5.70. The summed E-state index contributed by atoms with van der Waals surface area (Å²) >= 11 is 12.0. The van der Waals surface area contributed by atoms with Crippen molar-refractivity contribution in [3.8, 4) is 11.8 Å². The number of nitrogens with zero attached hydrogens (tertiary/aromatic N) is 4. The Morgan fingerprint density at radius 3 is 2.52 bits per heavy atom. The van der Waals surface area contributed by atoms with Gasteiger partial charge in [-0.3, -0.25) is 0 Å². The third-order valence-electron chi connectivity index (χ3n) is 2.76. The lowest BCUT2D eigenvalue weighted by Crippen LogP contribution is -2.25. The first kappa shape index (κ1) is 15.6. The molecule has 2 aromatic rings. The molecule has 0 bridgehead atoms. The number of benzene rings is 1. The highest BCUT2D eigenvalue weighted by Gasteiger charge is 2.12. The van der Waals surface area contributed by atoms with E-state index in [4.69, 9.17) is 33.7 Å². The average Bonchev–Trinajstić information content (AvgIpc) is 2.44. The Morgan fingerprint density at radius 1 is 1.14 bits per heavy atom. The second kappa shape index (κ2) is 6.78. The van der Waals surface area contributed by atoms with Crippen LogP contribution >= 0.6 is 23.2 Å². The van der Waals surface area contributed by atoms with E-state index < -0.39 is 0 Å². The van der Waals surface area contributed by atoms with E-state index in [1.165, 1.54) is 0 Å². The van der Waals surface area contributed by atoms with E-state index in [0.29, 0.717) is 21.7 Å². The Balaban J connectivity index is 2.34. The fourth-order valence-corrected chi connectivity index (χ4v) is 2.03. The van der Waals surface area contributed by atoms with E-state index in [2.05, 4.69) is 15.0 Å². The summed E-state index contributed by atoms with van der Waals surface area (Å²) in [7, 11) is 0. The van der Waals surface area contributed by atoms with E-state index in [0.717, 1.165) is 13.1 Å². The zero-order chi connectivity index (χ0) is 15.4. The number of rotatable bonds is 5. The van der Waals surface area contributed by atoms with E-state index >= 15 is 0 Å². The van der Waals surface area contributed by atoms with Crippen LogP contribution in [0.4, 0.5) is 11.9 Å². The SMILES string of the molecule is CCN(CC)c1nc(N)nc(Oc2cc(Cl)ccc2Cl)n1. The summed E-state index contributed by atoms with van der Waals surface area (Å²) in [6.07, 6.45) is 0. The Hall–Kier alpha value is -1.79. The Bertz CT molecular complexity index is 634. The van der Waals surface area contributed by atoms with Crippen LogP contribution in [-0.2, 0) is 0 Å². The molecule has 2 N–H and O–H groups in total. The van der Waals surface area contributed by atoms with Crippen LogP contribution in [0.15, 0.2) is 18.2 Å². The molecule has 0 saturated heterocycles. The molecule has 1 aromatic heterocycles. The number of hydrogen-bond donors (Lipinski definition) is 1. The van der Waals surface area contributed by atoms with Gasteiger partial charge < -0.3 is 15.4 Å². The molecule has 0 unspecified atom stereocenters. The number of aromatic nitrogens is 3. The Kier molecular flexibility index (Phi) is 5.03. The Morgan fingerprint density at radius 2 is 1.86 bits per heavy atom. The van der Waals surface area contributed by atoms with Crippen LogP contribution in [0.3, 0.4) is 0 Å². The molecule has 21 heavy (non-hydrogen) atoms. The van der Waals surface area contributed by atoms with Crippen molar-refractivity contribution in [2.45, 2.75) is 13.8 Å². The van der Waals surface area contributed by atoms with Crippen molar-refractivity contribution in [1.29, 1.82) is 0 Å². The zero-order valence-electron chi connectivity index (χ0n) is 11.7. The van der Waals surface area contributed by atoms with Gasteiger partial charge in [0, 0.05) is 24.2 Å². The quantitative estimate of drug-likeness (QED) is 0.906. The number of halogens is 2. The maximum atomic E-state index is 6.05. The lowest BCUT2D eigenvalue weighted by atomic mass is 10.3. The van der Waals surface area contributed by atoms with E-state index in [1.807, 2.05) is 18.7 Å². The summed E-state index contributed by atoms with van der Waals surface area (Å²) in [6, 6.07) is 4.96. The molecule has 0 aliphatic carbocycles. The molecule has 0 saturated carbocycles. The van der Waals surface area contributed by atoms with Crippen LogP contribution in [0.1, 0.15) is 13.8 Å². The normalized spacial score (nSPS) is 10.5. The molecule has 0 amide bonds. The summed E-state index contributed by atoms with van der Waals surface area (Å²) in [5, 5.41) is 0.906. The number of anilines is 2. The van der Waals surface area contributed by atoms with Crippen molar-refractivity contribution in [1.82, 2.24) is 15.0 Å². The first-order valence-electron chi connectivity index (χ1n) is 6.42. The predicted molar refractivity (Wildman–Crippen MR) is 84.3 cm³/mol. The molecule has 8 heteroatoms. The van der Waals surface area contributed by atoms with Gasteiger partial charge in [0.25, 0.3) is 0 Å². The number of nitrogens with two attached hydrogens (primary N) is 1. The molecule has 1 heterocycles. The highest BCUT2D eigenvalue weighted by atomic mass is 35.5. The van der Waals surface area contributed by atoms with Gasteiger partial charge in [-0.2, -0.15) is 15.0 Å². The van der Waals surface area contributed by atoms with Crippen molar-refractivity contribution in [2.75, 3.05) is 23.7 Å². The van der Waals surface area contributed by atoms with E-state index in [1.54, 1.807) is 18.2 Å². The van der Waals surface area contributed by atoms with Crippen molar-refractivity contribution in [2.24, 2.45) is 0 Å². The first-order valence-corrected chi connectivity index (χ1v) is 7.18. The number of ether oxygens (including phenoxy) is 1. The predicted octanol–water partition coefficient (Wildman–Crippen LogP) is 3.40. The third kappa shape index (κ3) is 3.86. The Labute approximate surface area is 132 Å². The highest BCUT2D eigenvalue weighted by Crippen LogP contribution is 2.31. The monoisotopic (exact) mass is 327 g/mol. The van der Waals surface area contributed by atoms with Gasteiger partial charge in [-0.05, 0) is 26.0 Å². The molecule has 0 radical (unpaired) electrons. The molecule has 0 aliphatic rings. The fraction of sp³-hybridized carbons (Fsp3) is 0.308. The van der Waals surface area contributed by atoms with Crippen LogP contribution in [0, 0.1) is 0 Å². The van der Waals surface area contributed by atoms with Crippen molar-refractivity contribution in [3.05, 3.63) is 28.2 Å². The van der Waals surface area contributed by atoms with E-state index in [9.17, 15) is 0 Å². The molecule has 0 atom stereocenters. The summed E-state index contributed by atoms with van der Waals surface area (Å²) in [6.45, 7) is 5.49. The van der Waals surface area contributed by atoms with Gasteiger partial charge in [-0.15, -0.1) is 0 Å². The maximum absolute atomic E-state index is 6.05. The van der Waals surface area contributed by atoms with Gasteiger partial charge in [-0.1, -0.05) is 23.2 Å². The minimum atomic E-state index is 0.0774. The topological polar surface area (TPSA) is 77.2 Å². The lowest BCUT2D eigenvalue weighted by Gasteiger charge is -2.18. The molecular formula is C13H15Cl2N5O. The molecule has 112 valence electrons. The van der Waals surface area contributed by atoms with Gasteiger partial charge in [0.05, 0.1) is 5.02 Å². The zero-order valence-corrected chi connectivity index (χ0v) is 13.2. The molecule has 0 spiro atoms. The third-order valence-corrected chi connectivity index (χ3v) is 3.31. The molecular weight excluding hydrogens is 313 g/mol. The standard InChI is InChI=1S/C13H15Cl2N5O/c1-3-20(4-2)12-17-11(16)18-13(19-12)21-10-7-8(14)5-6-9(10)15/h5-7H,3-4H2,1-2H3,(H2,16,17,18,19). The van der Waals surface area contributed by atoms with Gasteiger partial charge >= 0.3 is 6.01 Å². The lowest BCUT2D eigenvalue weighted by molar-refractivity contribution is 0.440. The van der Waals surface area contributed by atoms with Crippen molar-refractivity contribution < 1.29 is 4.74 Å². The van der Waals surface area contributed by atoms with Gasteiger partial charge in [-0.25, -0.2) is 0 Å². The summed E-state index contributed by atoms with van der Waals surface area (Å²) in [5.74, 6) is 0.904. The van der Waals surface area contributed by atoms with E-state index in [-0.39, 0.29) is 12.0 Å². The van der Waals surface area contributed by atoms with Crippen molar-refractivity contribution >= 4 is 35.1 Å². The molecule has 6 nitrogen and oxygen atoms in total. The van der Waals surface area contributed by atoms with Gasteiger partial charge in [0.1, 0.15) is 0 Å². The summed E-state index contributed by atoms with van der Waals surface area (Å²) in [4.78, 5) is 14.2. The van der Waals surface area contributed by atoms with Crippen LogP contribution < -0.4 is 15.4 Å².